The lowest BCUT2D eigenvalue weighted by atomic mass is 9.76. The lowest BCUT2D eigenvalue weighted by molar-refractivity contribution is -0.160. The van der Waals surface area contributed by atoms with Crippen molar-refractivity contribution in [3.63, 3.8) is 0 Å². The summed E-state index contributed by atoms with van der Waals surface area (Å²) in [5, 5.41) is 10.3. The number of ether oxygens (including phenoxy) is 1. The Hall–Kier alpha value is -0.570. The van der Waals surface area contributed by atoms with Crippen LogP contribution < -0.4 is 0 Å². The van der Waals surface area contributed by atoms with Crippen molar-refractivity contribution in [3.8, 4) is 0 Å². The number of rotatable bonds is 5. The SMILES string of the molecule is CCC(O)(CC)C(C(=O)OC)C(C)C. The summed E-state index contributed by atoms with van der Waals surface area (Å²) >= 11 is 0. The van der Waals surface area contributed by atoms with Crippen LogP contribution in [0.2, 0.25) is 0 Å². The number of hydrogen-bond donors (Lipinski definition) is 1. The molecule has 0 aromatic heterocycles. The molecule has 3 heteroatoms. The van der Waals surface area contributed by atoms with Crippen LogP contribution in [0.25, 0.3) is 0 Å². The monoisotopic (exact) mass is 202 g/mol. The zero-order chi connectivity index (χ0) is 11.4. The Balaban J connectivity index is 4.88. The maximum absolute atomic E-state index is 11.5. The Kier molecular flexibility index (Phi) is 5.13. The van der Waals surface area contributed by atoms with Crippen LogP contribution in [0, 0.1) is 11.8 Å². The molecule has 0 rings (SSSR count). The van der Waals surface area contributed by atoms with Crippen LogP contribution in [-0.2, 0) is 9.53 Å². The first-order valence-corrected chi connectivity index (χ1v) is 5.23. The fourth-order valence-corrected chi connectivity index (χ4v) is 1.93. The maximum Gasteiger partial charge on any atom is 0.311 e. The fourth-order valence-electron chi connectivity index (χ4n) is 1.93. The predicted molar refractivity (Wildman–Crippen MR) is 55.9 cm³/mol. The molecule has 1 atom stereocenters. The van der Waals surface area contributed by atoms with Gasteiger partial charge in [0.05, 0.1) is 18.6 Å². The number of carbonyl (C=O) groups excluding carboxylic acids is 1. The van der Waals surface area contributed by atoms with E-state index in [1.165, 1.54) is 7.11 Å². The molecule has 1 unspecified atom stereocenters. The largest absolute Gasteiger partial charge is 0.469 e. The Morgan fingerprint density at radius 3 is 2.00 bits per heavy atom. The van der Waals surface area contributed by atoms with E-state index in [-0.39, 0.29) is 11.9 Å². The third kappa shape index (κ3) is 2.71. The molecule has 0 fully saturated rings. The van der Waals surface area contributed by atoms with Crippen LogP contribution in [0.1, 0.15) is 40.5 Å². The molecule has 1 N–H and O–H groups in total. The molecule has 0 spiro atoms. The van der Waals surface area contributed by atoms with Crippen molar-refractivity contribution >= 4 is 5.97 Å². The predicted octanol–water partition coefficient (Wildman–Crippen LogP) is 1.98. The molecule has 0 aromatic carbocycles. The third-order valence-corrected chi connectivity index (χ3v) is 2.93. The molecule has 0 radical (unpaired) electrons. The second-order valence-corrected chi connectivity index (χ2v) is 4.06. The first kappa shape index (κ1) is 13.4. The van der Waals surface area contributed by atoms with Gasteiger partial charge < -0.3 is 9.84 Å². The van der Waals surface area contributed by atoms with Gasteiger partial charge >= 0.3 is 5.97 Å². The quantitative estimate of drug-likeness (QED) is 0.693. The maximum atomic E-state index is 11.5. The topological polar surface area (TPSA) is 46.5 Å². The number of hydrogen-bond acceptors (Lipinski definition) is 3. The lowest BCUT2D eigenvalue weighted by Gasteiger charge is -2.35. The fraction of sp³-hybridized carbons (Fsp3) is 0.909. The molecule has 0 aliphatic rings. The van der Waals surface area contributed by atoms with Gasteiger partial charge in [-0.3, -0.25) is 4.79 Å². The zero-order valence-electron chi connectivity index (χ0n) is 9.83. The second kappa shape index (κ2) is 5.35. The average molecular weight is 202 g/mol. The van der Waals surface area contributed by atoms with Crippen molar-refractivity contribution in [1.82, 2.24) is 0 Å². The molecule has 0 bridgehead atoms. The van der Waals surface area contributed by atoms with Crippen LogP contribution in [0.15, 0.2) is 0 Å². The Morgan fingerprint density at radius 2 is 1.79 bits per heavy atom. The molecule has 84 valence electrons. The number of carbonyl (C=O) groups is 1. The summed E-state index contributed by atoms with van der Waals surface area (Å²) in [7, 11) is 1.36. The smallest absolute Gasteiger partial charge is 0.311 e. The first-order valence-electron chi connectivity index (χ1n) is 5.23. The van der Waals surface area contributed by atoms with E-state index in [2.05, 4.69) is 0 Å². The van der Waals surface area contributed by atoms with Crippen molar-refractivity contribution in [2.24, 2.45) is 11.8 Å². The van der Waals surface area contributed by atoms with Gasteiger partial charge in [-0.2, -0.15) is 0 Å². The highest BCUT2D eigenvalue weighted by Gasteiger charge is 2.41. The second-order valence-electron chi connectivity index (χ2n) is 4.06. The lowest BCUT2D eigenvalue weighted by Crippen LogP contribution is -2.44. The van der Waals surface area contributed by atoms with Crippen LogP contribution in [-0.4, -0.2) is 23.8 Å². The normalized spacial score (nSPS) is 14.2. The number of esters is 1. The Labute approximate surface area is 86.5 Å². The zero-order valence-corrected chi connectivity index (χ0v) is 9.83. The van der Waals surface area contributed by atoms with Gasteiger partial charge in [0.1, 0.15) is 0 Å². The van der Waals surface area contributed by atoms with Crippen LogP contribution >= 0.6 is 0 Å². The van der Waals surface area contributed by atoms with Crippen molar-refractivity contribution < 1.29 is 14.6 Å². The minimum absolute atomic E-state index is 0.0901. The standard InChI is InChI=1S/C11H22O3/c1-6-11(13,7-2)9(8(3)4)10(12)14-5/h8-9,13H,6-7H2,1-5H3. The molecular weight excluding hydrogens is 180 g/mol. The van der Waals surface area contributed by atoms with Gasteiger partial charge in [-0.25, -0.2) is 0 Å². The van der Waals surface area contributed by atoms with Gasteiger partial charge in [0.25, 0.3) is 0 Å². The summed E-state index contributed by atoms with van der Waals surface area (Å²) < 4.78 is 4.72. The molecular formula is C11H22O3. The Bertz CT molecular complexity index is 183. The van der Waals surface area contributed by atoms with E-state index in [9.17, 15) is 9.90 Å². The van der Waals surface area contributed by atoms with E-state index >= 15 is 0 Å². The van der Waals surface area contributed by atoms with E-state index in [1.54, 1.807) is 0 Å². The van der Waals surface area contributed by atoms with E-state index in [1.807, 2.05) is 27.7 Å². The average Bonchev–Trinajstić information content (AvgIpc) is 2.16. The molecule has 0 saturated carbocycles. The summed E-state index contributed by atoms with van der Waals surface area (Å²) in [6.07, 6.45) is 1.14. The molecule has 0 amide bonds. The van der Waals surface area contributed by atoms with Crippen LogP contribution in [0.5, 0.6) is 0 Å². The van der Waals surface area contributed by atoms with Crippen molar-refractivity contribution in [2.45, 2.75) is 46.1 Å². The summed E-state index contributed by atoms with van der Waals surface area (Å²) in [4.78, 5) is 11.5. The number of methoxy groups -OCH3 is 1. The molecule has 0 aromatic rings. The minimum Gasteiger partial charge on any atom is -0.469 e. The molecule has 3 nitrogen and oxygen atoms in total. The van der Waals surface area contributed by atoms with E-state index in [0.29, 0.717) is 12.8 Å². The van der Waals surface area contributed by atoms with Crippen molar-refractivity contribution in [3.05, 3.63) is 0 Å². The van der Waals surface area contributed by atoms with Gasteiger partial charge in [0, 0.05) is 0 Å². The highest BCUT2D eigenvalue weighted by molar-refractivity contribution is 5.74. The van der Waals surface area contributed by atoms with Gasteiger partial charge in [-0.15, -0.1) is 0 Å². The van der Waals surface area contributed by atoms with Crippen LogP contribution in [0.4, 0.5) is 0 Å². The van der Waals surface area contributed by atoms with E-state index in [0.717, 1.165) is 0 Å². The summed E-state index contributed by atoms with van der Waals surface area (Å²) in [6.45, 7) is 7.64. The van der Waals surface area contributed by atoms with E-state index < -0.39 is 11.5 Å². The Morgan fingerprint density at radius 1 is 1.36 bits per heavy atom. The molecule has 14 heavy (non-hydrogen) atoms. The van der Waals surface area contributed by atoms with Crippen molar-refractivity contribution in [1.29, 1.82) is 0 Å². The first-order chi connectivity index (χ1) is 6.42. The summed E-state index contributed by atoms with van der Waals surface area (Å²) in [5.74, 6) is -0.652. The highest BCUT2D eigenvalue weighted by Crippen LogP contribution is 2.31. The van der Waals surface area contributed by atoms with Gasteiger partial charge in [-0.1, -0.05) is 27.7 Å². The minimum atomic E-state index is -0.929. The van der Waals surface area contributed by atoms with E-state index in [4.69, 9.17) is 4.74 Å². The molecule has 0 aliphatic carbocycles. The molecule has 0 saturated heterocycles. The molecule has 0 heterocycles. The van der Waals surface area contributed by atoms with Gasteiger partial charge in [0.15, 0.2) is 0 Å². The molecule has 0 aliphatic heterocycles. The van der Waals surface area contributed by atoms with Gasteiger partial charge in [-0.05, 0) is 18.8 Å². The summed E-state index contributed by atoms with van der Waals surface area (Å²) in [6, 6.07) is 0. The third-order valence-electron chi connectivity index (χ3n) is 2.93. The summed E-state index contributed by atoms with van der Waals surface area (Å²) in [5.41, 5.74) is -0.929. The highest BCUT2D eigenvalue weighted by atomic mass is 16.5. The van der Waals surface area contributed by atoms with Gasteiger partial charge in [0.2, 0.25) is 0 Å². The van der Waals surface area contributed by atoms with Crippen LogP contribution in [0.3, 0.4) is 0 Å². The number of aliphatic hydroxyl groups is 1. The van der Waals surface area contributed by atoms with Crippen molar-refractivity contribution in [2.75, 3.05) is 7.11 Å².